The van der Waals surface area contributed by atoms with Crippen molar-refractivity contribution in [2.24, 2.45) is 0 Å². The number of benzene rings is 1. The minimum atomic E-state index is -0.712. The molecule has 0 spiro atoms. The van der Waals surface area contributed by atoms with Crippen LogP contribution in [0.3, 0.4) is 0 Å². The van der Waals surface area contributed by atoms with Crippen LogP contribution in [0.2, 0.25) is 0 Å². The van der Waals surface area contributed by atoms with Gasteiger partial charge in [-0.2, -0.15) is 0 Å². The Hall–Kier alpha value is -0.910. The maximum atomic E-state index is 11.9. The fraction of sp³-hybridized carbons (Fsp3) is 0.533. The van der Waals surface area contributed by atoms with Crippen molar-refractivity contribution in [2.45, 2.75) is 39.0 Å². The van der Waals surface area contributed by atoms with Crippen molar-refractivity contribution in [2.75, 3.05) is 13.6 Å². The summed E-state index contributed by atoms with van der Waals surface area (Å²) in [5.74, 6) is -0.0788. The lowest BCUT2D eigenvalue weighted by atomic mass is 10.0. The first-order valence-corrected chi connectivity index (χ1v) is 7.53. The number of hydrogen-bond donors (Lipinski definition) is 2. The number of aliphatic hydroxyl groups excluding tert-OH is 1. The molecule has 0 aromatic heterocycles. The zero-order chi connectivity index (χ0) is 15.3. The van der Waals surface area contributed by atoms with E-state index in [1.807, 2.05) is 50.1 Å². The van der Waals surface area contributed by atoms with Crippen molar-refractivity contribution in [3.8, 4) is 0 Å². The standard InChI is InChI=1S/C15H23BrN2O2/c1-10(2)18(4)9-14(19)17-11(3)15(20)12-5-7-13(16)8-6-12/h5-8,10-11,15,20H,9H2,1-4H3,(H,17,19). The molecule has 0 aliphatic carbocycles. The zero-order valence-electron chi connectivity index (χ0n) is 12.4. The molecule has 0 aliphatic heterocycles. The first kappa shape index (κ1) is 17.1. The van der Waals surface area contributed by atoms with Crippen molar-refractivity contribution in [1.29, 1.82) is 0 Å². The summed E-state index contributed by atoms with van der Waals surface area (Å²) < 4.78 is 0.962. The summed E-state index contributed by atoms with van der Waals surface area (Å²) in [6.45, 7) is 6.20. The molecule has 0 radical (unpaired) electrons. The van der Waals surface area contributed by atoms with Gasteiger partial charge in [0.05, 0.1) is 18.7 Å². The number of nitrogens with one attached hydrogen (secondary N) is 1. The van der Waals surface area contributed by atoms with Crippen LogP contribution in [-0.2, 0) is 4.79 Å². The van der Waals surface area contributed by atoms with Crippen LogP contribution in [0.15, 0.2) is 28.7 Å². The van der Waals surface area contributed by atoms with E-state index in [1.165, 1.54) is 0 Å². The summed E-state index contributed by atoms with van der Waals surface area (Å²) in [7, 11) is 1.90. The SMILES string of the molecule is CC(NC(=O)CN(C)C(C)C)C(O)c1ccc(Br)cc1. The number of aliphatic hydroxyl groups is 1. The lowest BCUT2D eigenvalue weighted by Gasteiger charge is -2.24. The molecule has 2 atom stereocenters. The quantitative estimate of drug-likeness (QED) is 0.834. The van der Waals surface area contributed by atoms with Crippen LogP contribution in [0.5, 0.6) is 0 Å². The number of likely N-dealkylation sites (N-methyl/N-ethyl adjacent to an activating group) is 1. The molecule has 5 heteroatoms. The zero-order valence-corrected chi connectivity index (χ0v) is 14.0. The minimum absolute atomic E-state index is 0.0788. The molecule has 112 valence electrons. The third-order valence-electron chi connectivity index (χ3n) is 3.35. The summed E-state index contributed by atoms with van der Waals surface area (Å²) in [6, 6.07) is 7.42. The largest absolute Gasteiger partial charge is 0.386 e. The number of carbonyl (C=O) groups is 1. The smallest absolute Gasteiger partial charge is 0.234 e. The molecule has 0 saturated carbocycles. The third-order valence-corrected chi connectivity index (χ3v) is 3.88. The van der Waals surface area contributed by atoms with Gasteiger partial charge in [0, 0.05) is 10.5 Å². The number of rotatable bonds is 6. The van der Waals surface area contributed by atoms with Gasteiger partial charge in [0.2, 0.25) is 5.91 Å². The molecule has 0 aliphatic rings. The van der Waals surface area contributed by atoms with E-state index in [9.17, 15) is 9.90 Å². The molecule has 1 aromatic carbocycles. The monoisotopic (exact) mass is 342 g/mol. The predicted octanol–water partition coefficient (Wildman–Crippen LogP) is 2.33. The van der Waals surface area contributed by atoms with Gasteiger partial charge in [-0.25, -0.2) is 0 Å². The van der Waals surface area contributed by atoms with Crippen molar-refractivity contribution in [1.82, 2.24) is 10.2 Å². The summed E-state index contributed by atoms with van der Waals surface area (Å²) in [6.07, 6.45) is -0.712. The molecule has 1 amide bonds. The van der Waals surface area contributed by atoms with Gasteiger partial charge < -0.3 is 10.4 Å². The van der Waals surface area contributed by atoms with E-state index in [4.69, 9.17) is 0 Å². The first-order chi connectivity index (χ1) is 9.31. The number of hydrogen-bond acceptors (Lipinski definition) is 3. The Kier molecular flexibility index (Phi) is 6.65. The Balaban J connectivity index is 2.55. The molecule has 0 bridgehead atoms. The Morgan fingerprint density at radius 2 is 1.85 bits per heavy atom. The van der Waals surface area contributed by atoms with E-state index in [-0.39, 0.29) is 11.9 Å². The van der Waals surface area contributed by atoms with Gasteiger partial charge in [0.1, 0.15) is 0 Å². The van der Waals surface area contributed by atoms with Gasteiger partial charge in [-0.15, -0.1) is 0 Å². The fourth-order valence-corrected chi connectivity index (χ4v) is 2.00. The Bertz CT molecular complexity index is 434. The second-order valence-electron chi connectivity index (χ2n) is 5.36. The molecule has 4 nitrogen and oxygen atoms in total. The van der Waals surface area contributed by atoms with E-state index < -0.39 is 6.10 Å². The number of halogens is 1. The molecular weight excluding hydrogens is 320 g/mol. The lowest BCUT2D eigenvalue weighted by Crippen LogP contribution is -2.43. The highest BCUT2D eigenvalue weighted by atomic mass is 79.9. The highest BCUT2D eigenvalue weighted by Gasteiger charge is 2.19. The number of carbonyl (C=O) groups excluding carboxylic acids is 1. The van der Waals surface area contributed by atoms with Crippen molar-refractivity contribution in [3.05, 3.63) is 34.3 Å². The molecule has 0 fully saturated rings. The molecule has 0 heterocycles. The van der Waals surface area contributed by atoms with Gasteiger partial charge in [-0.1, -0.05) is 28.1 Å². The maximum Gasteiger partial charge on any atom is 0.234 e. The summed E-state index contributed by atoms with van der Waals surface area (Å²) >= 11 is 3.36. The minimum Gasteiger partial charge on any atom is -0.386 e. The van der Waals surface area contributed by atoms with Gasteiger partial charge >= 0.3 is 0 Å². The second-order valence-corrected chi connectivity index (χ2v) is 6.28. The van der Waals surface area contributed by atoms with Crippen LogP contribution < -0.4 is 5.32 Å². The normalized spacial score (nSPS) is 14.4. The van der Waals surface area contributed by atoms with Crippen LogP contribution in [0.1, 0.15) is 32.4 Å². The Labute approximate surface area is 129 Å². The Morgan fingerprint density at radius 1 is 1.30 bits per heavy atom. The number of nitrogens with zero attached hydrogens (tertiary/aromatic N) is 1. The second kappa shape index (κ2) is 7.76. The van der Waals surface area contributed by atoms with Gasteiger partial charge in [0.15, 0.2) is 0 Å². The van der Waals surface area contributed by atoms with Crippen molar-refractivity contribution >= 4 is 21.8 Å². The van der Waals surface area contributed by atoms with Crippen LogP contribution in [-0.4, -0.2) is 41.6 Å². The van der Waals surface area contributed by atoms with E-state index in [2.05, 4.69) is 21.2 Å². The van der Waals surface area contributed by atoms with Gasteiger partial charge in [-0.3, -0.25) is 9.69 Å². The van der Waals surface area contributed by atoms with Crippen LogP contribution in [0, 0.1) is 0 Å². The molecule has 2 N–H and O–H groups in total. The van der Waals surface area contributed by atoms with Gasteiger partial charge in [-0.05, 0) is 45.5 Å². The Morgan fingerprint density at radius 3 is 2.35 bits per heavy atom. The molecule has 0 saturated heterocycles. The van der Waals surface area contributed by atoms with E-state index in [0.29, 0.717) is 12.6 Å². The first-order valence-electron chi connectivity index (χ1n) is 6.74. The highest BCUT2D eigenvalue weighted by Crippen LogP contribution is 2.19. The van der Waals surface area contributed by atoms with Crippen LogP contribution in [0.25, 0.3) is 0 Å². The molecule has 2 unspecified atom stereocenters. The maximum absolute atomic E-state index is 11.9. The lowest BCUT2D eigenvalue weighted by molar-refractivity contribution is -0.123. The van der Waals surface area contributed by atoms with E-state index in [0.717, 1.165) is 10.0 Å². The molecule has 1 rings (SSSR count). The molecular formula is C15H23BrN2O2. The van der Waals surface area contributed by atoms with E-state index >= 15 is 0 Å². The average molecular weight is 343 g/mol. The van der Waals surface area contributed by atoms with E-state index in [1.54, 1.807) is 6.92 Å². The summed E-state index contributed by atoms with van der Waals surface area (Å²) in [4.78, 5) is 13.8. The predicted molar refractivity (Wildman–Crippen MR) is 84.5 cm³/mol. The average Bonchev–Trinajstić information content (AvgIpc) is 2.38. The summed E-state index contributed by atoms with van der Waals surface area (Å²) in [5, 5.41) is 13.1. The van der Waals surface area contributed by atoms with Crippen molar-refractivity contribution < 1.29 is 9.90 Å². The van der Waals surface area contributed by atoms with Crippen LogP contribution >= 0.6 is 15.9 Å². The fourth-order valence-electron chi connectivity index (χ4n) is 1.74. The summed E-state index contributed by atoms with van der Waals surface area (Å²) in [5.41, 5.74) is 0.790. The number of amides is 1. The molecule has 20 heavy (non-hydrogen) atoms. The molecule has 1 aromatic rings. The highest BCUT2D eigenvalue weighted by molar-refractivity contribution is 9.10. The van der Waals surface area contributed by atoms with Crippen molar-refractivity contribution in [3.63, 3.8) is 0 Å². The van der Waals surface area contributed by atoms with Crippen LogP contribution in [0.4, 0.5) is 0 Å². The van der Waals surface area contributed by atoms with Gasteiger partial charge in [0.25, 0.3) is 0 Å². The topological polar surface area (TPSA) is 52.6 Å². The third kappa shape index (κ3) is 5.23.